The standard InChI is InChI=1S/C47H30Se/c1-29-32-16-5-7-18-35(32)45(36-19-8-6-17-33(29)36)31-26-27-34-41-24-13-25-42(47(41)48-43(34)28-31)46-39-22-11-9-20-37(39)44(30-14-3-2-4-15-30)38-21-10-12-23-40(38)46/h2-28H,1H3. The molecule has 0 radical (unpaired) electrons. The molecule has 0 spiro atoms. The summed E-state index contributed by atoms with van der Waals surface area (Å²) in [5.74, 6) is 0. The van der Waals surface area contributed by atoms with Gasteiger partial charge in [0.25, 0.3) is 0 Å². The first-order valence-corrected chi connectivity index (χ1v) is 18.3. The average Bonchev–Trinajstić information content (AvgIpc) is 3.53. The Hall–Kier alpha value is -5.46. The monoisotopic (exact) mass is 674 g/mol. The first-order chi connectivity index (χ1) is 23.8. The van der Waals surface area contributed by atoms with E-state index < -0.39 is 0 Å². The maximum atomic E-state index is 2.50. The Morgan fingerprint density at radius 1 is 0.333 bits per heavy atom. The summed E-state index contributed by atoms with van der Waals surface area (Å²) in [6.45, 7) is 2.26. The normalized spacial score (nSPS) is 11.9. The van der Waals surface area contributed by atoms with Crippen molar-refractivity contribution in [3.05, 3.63) is 169 Å². The van der Waals surface area contributed by atoms with Crippen LogP contribution in [-0.4, -0.2) is 14.5 Å². The average molecular weight is 674 g/mol. The molecule has 1 heterocycles. The van der Waals surface area contributed by atoms with Crippen LogP contribution in [0.15, 0.2) is 164 Å². The van der Waals surface area contributed by atoms with E-state index in [1.807, 2.05) is 0 Å². The van der Waals surface area contributed by atoms with Crippen molar-refractivity contribution >= 4 is 76.9 Å². The van der Waals surface area contributed by atoms with Crippen LogP contribution < -0.4 is 0 Å². The summed E-state index contributed by atoms with van der Waals surface area (Å²) >= 11 is 0.161. The summed E-state index contributed by atoms with van der Waals surface area (Å²) in [7, 11) is 0. The van der Waals surface area contributed by atoms with Gasteiger partial charge < -0.3 is 0 Å². The summed E-state index contributed by atoms with van der Waals surface area (Å²) in [6.07, 6.45) is 0. The quantitative estimate of drug-likeness (QED) is 0.129. The van der Waals surface area contributed by atoms with Crippen LogP contribution in [0.5, 0.6) is 0 Å². The first-order valence-electron chi connectivity index (χ1n) is 16.6. The topological polar surface area (TPSA) is 0 Å². The molecule has 0 aliphatic heterocycles. The Labute approximate surface area is 285 Å². The number of hydrogen-bond donors (Lipinski definition) is 0. The van der Waals surface area contributed by atoms with E-state index in [1.54, 1.807) is 0 Å². The van der Waals surface area contributed by atoms with Crippen molar-refractivity contribution in [2.45, 2.75) is 6.92 Å². The number of hydrogen-bond acceptors (Lipinski definition) is 0. The van der Waals surface area contributed by atoms with Gasteiger partial charge >= 0.3 is 287 Å². The third-order valence-corrected chi connectivity index (χ3v) is 12.8. The molecule has 0 unspecified atom stereocenters. The van der Waals surface area contributed by atoms with E-state index in [0.717, 1.165) is 0 Å². The van der Waals surface area contributed by atoms with Crippen molar-refractivity contribution in [2.24, 2.45) is 0 Å². The van der Waals surface area contributed by atoms with E-state index in [1.165, 1.54) is 101 Å². The second-order valence-corrected chi connectivity index (χ2v) is 15.0. The van der Waals surface area contributed by atoms with Crippen LogP contribution in [0.3, 0.4) is 0 Å². The van der Waals surface area contributed by atoms with E-state index >= 15 is 0 Å². The molecule has 9 aromatic carbocycles. The number of aryl methyl sites for hydroxylation is 1. The fraction of sp³-hybridized carbons (Fsp3) is 0.0213. The zero-order chi connectivity index (χ0) is 31.8. The molecule has 0 fully saturated rings. The predicted molar refractivity (Wildman–Crippen MR) is 209 cm³/mol. The minimum absolute atomic E-state index is 0.161. The summed E-state index contributed by atoms with van der Waals surface area (Å²) < 4.78 is 2.95. The van der Waals surface area contributed by atoms with Crippen LogP contribution in [0.1, 0.15) is 5.56 Å². The molecule has 0 nitrogen and oxygen atoms in total. The molecule has 0 N–H and O–H groups in total. The summed E-state index contributed by atoms with van der Waals surface area (Å²) in [5, 5.41) is 13.3. The molecule has 0 aliphatic rings. The van der Waals surface area contributed by atoms with E-state index in [0.29, 0.717) is 0 Å². The van der Waals surface area contributed by atoms with Gasteiger partial charge in [0.05, 0.1) is 0 Å². The van der Waals surface area contributed by atoms with Gasteiger partial charge in [-0.3, -0.25) is 0 Å². The molecular weight excluding hydrogens is 643 g/mol. The van der Waals surface area contributed by atoms with Crippen LogP contribution in [0.2, 0.25) is 0 Å². The Kier molecular flexibility index (Phi) is 6.21. The van der Waals surface area contributed by atoms with Gasteiger partial charge in [0.1, 0.15) is 0 Å². The van der Waals surface area contributed by atoms with Gasteiger partial charge in [0, 0.05) is 0 Å². The number of rotatable bonds is 3. The second kappa shape index (κ2) is 10.8. The van der Waals surface area contributed by atoms with Crippen molar-refractivity contribution in [2.75, 3.05) is 0 Å². The third kappa shape index (κ3) is 4.02. The Morgan fingerprint density at radius 2 is 0.792 bits per heavy atom. The zero-order valence-corrected chi connectivity index (χ0v) is 28.2. The first kappa shape index (κ1) is 27.6. The Morgan fingerprint density at radius 3 is 1.38 bits per heavy atom. The van der Waals surface area contributed by atoms with Crippen molar-refractivity contribution in [3.63, 3.8) is 0 Å². The van der Waals surface area contributed by atoms with Gasteiger partial charge in [-0.25, -0.2) is 0 Å². The van der Waals surface area contributed by atoms with Gasteiger partial charge in [-0.05, 0) is 0 Å². The number of benzene rings is 9. The summed E-state index contributed by atoms with van der Waals surface area (Å²) in [6, 6.07) is 60.9. The minimum atomic E-state index is 0.161. The molecule has 10 aromatic rings. The molecule has 1 aromatic heterocycles. The summed E-state index contributed by atoms with van der Waals surface area (Å²) in [5.41, 5.74) is 9.29. The molecule has 0 aliphatic carbocycles. The van der Waals surface area contributed by atoms with Crippen LogP contribution in [0.25, 0.3) is 95.8 Å². The molecule has 10 rings (SSSR count). The Bertz CT molecular complexity index is 2780. The number of fused-ring (bicyclic) bond motifs is 7. The van der Waals surface area contributed by atoms with E-state index in [4.69, 9.17) is 0 Å². The van der Waals surface area contributed by atoms with Crippen molar-refractivity contribution in [1.29, 1.82) is 0 Å². The van der Waals surface area contributed by atoms with Crippen molar-refractivity contribution in [1.82, 2.24) is 0 Å². The van der Waals surface area contributed by atoms with E-state index in [9.17, 15) is 0 Å². The molecule has 0 atom stereocenters. The molecule has 0 amide bonds. The van der Waals surface area contributed by atoms with Crippen molar-refractivity contribution in [3.8, 4) is 33.4 Å². The third-order valence-electron chi connectivity index (χ3n) is 10.3. The van der Waals surface area contributed by atoms with E-state index in [2.05, 4.69) is 171 Å². The van der Waals surface area contributed by atoms with Gasteiger partial charge in [0.15, 0.2) is 0 Å². The van der Waals surface area contributed by atoms with Gasteiger partial charge in [0.2, 0.25) is 0 Å². The molecular formula is C47H30Se. The second-order valence-electron chi connectivity index (χ2n) is 12.8. The maximum absolute atomic E-state index is 2.50. The molecule has 224 valence electrons. The van der Waals surface area contributed by atoms with E-state index in [-0.39, 0.29) is 14.5 Å². The molecule has 0 bridgehead atoms. The van der Waals surface area contributed by atoms with Gasteiger partial charge in [-0.1, -0.05) is 0 Å². The molecule has 1 heteroatoms. The van der Waals surface area contributed by atoms with Crippen LogP contribution >= 0.6 is 0 Å². The fourth-order valence-electron chi connectivity index (χ4n) is 8.14. The van der Waals surface area contributed by atoms with Crippen LogP contribution in [0, 0.1) is 6.92 Å². The molecule has 0 saturated heterocycles. The predicted octanol–water partition coefficient (Wildman–Crippen LogP) is 13.0. The Balaban J connectivity index is 1.26. The van der Waals surface area contributed by atoms with Crippen molar-refractivity contribution < 1.29 is 0 Å². The van der Waals surface area contributed by atoms with Gasteiger partial charge in [-0.15, -0.1) is 0 Å². The fourth-order valence-corrected chi connectivity index (χ4v) is 10.8. The molecule has 0 saturated carbocycles. The zero-order valence-electron chi connectivity index (χ0n) is 26.5. The van der Waals surface area contributed by atoms with Crippen LogP contribution in [-0.2, 0) is 0 Å². The SMILES string of the molecule is Cc1c2ccccc2c(-c2ccc3c(c2)[se]c2c(-c4c5ccccc5c(-c5ccccc5)c5ccccc45)cccc23)c2ccccc12. The van der Waals surface area contributed by atoms with Crippen LogP contribution in [0.4, 0.5) is 0 Å². The van der Waals surface area contributed by atoms with Gasteiger partial charge in [-0.2, -0.15) is 0 Å². The molecule has 48 heavy (non-hydrogen) atoms. The summed E-state index contributed by atoms with van der Waals surface area (Å²) in [4.78, 5) is 0.